The van der Waals surface area contributed by atoms with E-state index >= 15 is 0 Å². The Balaban J connectivity index is 1.49. The smallest absolute Gasteiger partial charge is 0.165 e. The summed E-state index contributed by atoms with van der Waals surface area (Å²) in [6.07, 6.45) is 16.6. The molecule has 0 saturated heterocycles. The minimum Gasteiger partial charge on any atom is -0.363 e. The second-order valence-corrected chi connectivity index (χ2v) is 12.1. The van der Waals surface area contributed by atoms with Gasteiger partial charge in [-0.15, -0.1) is 0 Å². The molecule has 1 aliphatic carbocycles. The van der Waals surface area contributed by atoms with E-state index in [1.807, 2.05) is 13.8 Å². The van der Waals surface area contributed by atoms with E-state index in [2.05, 4.69) is 63.7 Å². The van der Waals surface area contributed by atoms with Gasteiger partial charge in [0.2, 0.25) is 0 Å². The maximum Gasteiger partial charge on any atom is 0.165 e. The highest BCUT2D eigenvalue weighted by molar-refractivity contribution is 5.65. The van der Waals surface area contributed by atoms with Gasteiger partial charge in [0.15, 0.2) is 5.79 Å². The van der Waals surface area contributed by atoms with Crippen molar-refractivity contribution < 1.29 is 18.7 Å². The minimum absolute atomic E-state index is 0.101. The third-order valence-electron chi connectivity index (χ3n) is 7.47. The molecule has 0 amide bonds. The number of likely N-dealkylation sites (N-methyl/N-ethyl adjacent to an activating group) is 1. The number of nitrogens with one attached hydrogen (secondary N) is 1. The summed E-state index contributed by atoms with van der Waals surface area (Å²) in [5.41, 5.74) is 4.00. The summed E-state index contributed by atoms with van der Waals surface area (Å²) in [5, 5.41) is 3.69. The van der Waals surface area contributed by atoms with Crippen LogP contribution in [0, 0.1) is 0 Å². The Bertz CT molecular complexity index is 781. The lowest BCUT2D eigenvalue weighted by atomic mass is 10.0. The summed E-state index contributed by atoms with van der Waals surface area (Å²) in [5.74, 6) is -0.390. The molecule has 0 saturated carbocycles. The monoisotopic (exact) mass is 531 g/mol. The normalized spacial score (nSPS) is 15.6. The topological polar surface area (TPSA) is 39.7 Å². The van der Waals surface area contributed by atoms with Crippen LogP contribution in [0.2, 0.25) is 0 Å². The van der Waals surface area contributed by atoms with Crippen LogP contribution in [-0.2, 0) is 14.2 Å². The average Bonchev–Trinajstić information content (AvgIpc) is 3.21. The van der Waals surface area contributed by atoms with Crippen LogP contribution >= 0.6 is 0 Å². The van der Waals surface area contributed by atoms with Crippen molar-refractivity contribution in [1.29, 1.82) is 0 Å². The number of hydrogen-bond donors (Lipinski definition) is 1. The lowest BCUT2D eigenvalue weighted by Crippen LogP contribution is -2.38. The van der Waals surface area contributed by atoms with Gasteiger partial charge < -0.3 is 24.0 Å². The Hall–Kier alpha value is -1.24. The highest BCUT2D eigenvalue weighted by Crippen LogP contribution is 2.36. The molecule has 1 unspecified atom stereocenters. The van der Waals surface area contributed by atoms with Crippen LogP contribution in [0.5, 0.6) is 0 Å². The molecule has 1 aromatic carbocycles. The van der Waals surface area contributed by atoms with E-state index in [-0.39, 0.29) is 6.10 Å². The summed E-state index contributed by atoms with van der Waals surface area (Å²) < 4.78 is 18.9. The lowest BCUT2D eigenvalue weighted by molar-refractivity contribution is -0.870. The fourth-order valence-corrected chi connectivity index (χ4v) is 5.28. The van der Waals surface area contributed by atoms with Gasteiger partial charge in [-0.2, -0.15) is 0 Å². The van der Waals surface area contributed by atoms with Crippen molar-refractivity contribution in [3.8, 4) is 0 Å². The van der Waals surface area contributed by atoms with Gasteiger partial charge in [-0.25, -0.2) is 0 Å². The third kappa shape index (κ3) is 13.2. The molecule has 5 nitrogen and oxygen atoms in total. The summed E-state index contributed by atoms with van der Waals surface area (Å²) in [6, 6.07) is 8.67. The summed E-state index contributed by atoms with van der Waals surface area (Å²) in [6.45, 7) is 11.4. The van der Waals surface area contributed by atoms with E-state index in [4.69, 9.17) is 14.2 Å². The highest BCUT2D eigenvalue weighted by Gasteiger charge is 2.26. The molecule has 218 valence electrons. The number of quaternary nitrogens is 1. The van der Waals surface area contributed by atoms with Crippen LogP contribution in [-0.4, -0.2) is 70.9 Å². The minimum atomic E-state index is -0.390. The number of benzene rings is 1. The van der Waals surface area contributed by atoms with Gasteiger partial charge in [0.05, 0.1) is 27.7 Å². The highest BCUT2D eigenvalue weighted by atomic mass is 16.7. The summed E-state index contributed by atoms with van der Waals surface area (Å²) >= 11 is 0. The fraction of sp³-hybridized carbons (Fsp3) is 0.758. The van der Waals surface area contributed by atoms with Crippen molar-refractivity contribution in [2.45, 2.75) is 103 Å². The Morgan fingerprint density at radius 1 is 0.816 bits per heavy atom. The van der Waals surface area contributed by atoms with Crippen molar-refractivity contribution in [2.24, 2.45) is 0 Å². The maximum atomic E-state index is 6.38. The molecule has 0 aromatic heterocycles. The van der Waals surface area contributed by atoms with E-state index in [0.717, 1.165) is 37.1 Å². The van der Waals surface area contributed by atoms with Gasteiger partial charge in [0.1, 0.15) is 12.6 Å². The number of fused-ring (bicyclic) bond motifs is 1. The van der Waals surface area contributed by atoms with Gasteiger partial charge in [-0.1, -0.05) is 81.7 Å². The van der Waals surface area contributed by atoms with Crippen LogP contribution in [0.4, 0.5) is 0 Å². The Kier molecular flexibility index (Phi) is 15.8. The number of ether oxygens (including phenoxy) is 3. The van der Waals surface area contributed by atoms with Crippen LogP contribution in [0.25, 0.3) is 6.08 Å². The molecule has 0 radical (unpaired) electrons. The van der Waals surface area contributed by atoms with E-state index in [1.165, 1.54) is 80.9 Å². The Morgan fingerprint density at radius 2 is 1.39 bits per heavy atom. The predicted molar refractivity (Wildman–Crippen MR) is 161 cm³/mol. The fourth-order valence-electron chi connectivity index (χ4n) is 5.28. The zero-order valence-corrected chi connectivity index (χ0v) is 25.7. The first-order chi connectivity index (χ1) is 18.3. The number of nitrogens with zero attached hydrogens (tertiary/aromatic N) is 1. The molecule has 1 N–H and O–H groups in total. The first-order valence-corrected chi connectivity index (χ1v) is 15.5. The van der Waals surface area contributed by atoms with Crippen LogP contribution in [0.3, 0.4) is 0 Å². The van der Waals surface area contributed by atoms with Crippen LogP contribution < -0.4 is 5.32 Å². The summed E-state index contributed by atoms with van der Waals surface area (Å²) in [4.78, 5) is 0. The molecule has 1 atom stereocenters. The standard InChI is InChI=1S/C33H59N2O3/c1-7-37-33(3,38-8-2)23-19-15-13-11-9-10-12-14-16-20-24-34-28-30-27-29-21-17-18-22-31(29)32(30)36-26-25-35(4,5)6/h17-18,21-22,27,32,34H,7-16,19-20,23-26,28H2,1-6H3/q+1. The SMILES string of the molecule is CCOC(C)(CCCCCCCCCCCCNCC1=Cc2ccccc2C1OCC[N+](C)(C)C)OCC. The van der Waals surface area contributed by atoms with Crippen molar-refractivity contribution in [2.75, 3.05) is 60.6 Å². The van der Waals surface area contributed by atoms with Gasteiger partial charge in [-0.05, 0) is 56.9 Å². The Morgan fingerprint density at radius 3 is 2.00 bits per heavy atom. The van der Waals surface area contributed by atoms with Crippen LogP contribution in [0.1, 0.15) is 109 Å². The average molecular weight is 532 g/mol. The molecule has 5 heteroatoms. The number of rotatable bonds is 23. The van der Waals surface area contributed by atoms with Crippen molar-refractivity contribution in [3.63, 3.8) is 0 Å². The third-order valence-corrected chi connectivity index (χ3v) is 7.47. The molecule has 0 aliphatic heterocycles. The van der Waals surface area contributed by atoms with E-state index < -0.39 is 5.79 Å². The molecule has 38 heavy (non-hydrogen) atoms. The van der Waals surface area contributed by atoms with E-state index in [1.54, 1.807) is 0 Å². The molecule has 2 rings (SSSR count). The second kappa shape index (κ2) is 18.2. The molecule has 1 aliphatic rings. The molecular weight excluding hydrogens is 472 g/mol. The van der Waals surface area contributed by atoms with Gasteiger partial charge in [0, 0.05) is 26.2 Å². The van der Waals surface area contributed by atoms with E-state index in [9.17, 15) is 0 Å². The molecule has 0 bridgehead atoms. The Labute approximate surface area is 234 Å². The predicted octanol–water partition coefficient (Wildman–Crippen LogP) is 7.52. The molecule has 0 heterocycles. The molecular formula is C33H59N2O3+. The molecule has 1 aromatic rings. The van der Waals surface area contributed by atoms with Crippen LogP contribution in [0.15, 0.2) is 29.8 Å². The number of unbranched alkanes of at least 4 members (excludes halogenated alkanes) is 9. The maximum absolute atomic E-state index is 6.38. The zero-order valence-electron chi connectivity index (χ0n) is 25.7. The first kappa shape index (κ1) is 33.0. The van der Waals surface area contributed by atoms with Crippen molar-refractivity contribution >= 4 is 6.08 Å². The quantitative estimate of drug-likeness (QED) is 0.0901. The van der Waals surface area contributed by atoms with Gasteiger partial charge >= 0.3 is 0 Å². The number of hydrogen-bond acceptors (Lipinski definition) is 4. The molecule has 0 spiro atoms. The summed E-state index contributed by atoms with van der Waals surface area (Å²) in [7, 11) is 6.65. The van der Waals surface area contributed by atoms with Gasteiger partial charge in [0.25, 0.3) is 0 Å². The van der Waals surface area contributed by atoms with E-state index in [0.29, 0.717) is 13.2 Å². The molecule has 0 fully saturated rings. The van der Waals surface area contributed by atoms with Crippen molar-refractivity contribution in [1.82, 2.24) is 5.32 Å². The second-order valence-electron chi connectivity index (χ2n) is 12.1. The largest absolute Gasteiger partial charge is 0.363 e. The van der Waals surface area contributed by atoms with Gasteiger partial charge in [-0.3, -0.25) is 0 Å². The lowest BCUT2D eigenvalue weighted by Gasteiger charge is -2.29. The first-order valence-electron chi connectivity index (χ1n) is 15.5. The van der Waals surface area contributed by atoms with Crippen molar-refractivity contribution in [3.05, 3.63) is 41.0 Å². The zero-order chi connectivity index (χ0) is 27.7.